The second kappa shape index (κ2) is 7.25. The molecule has 4 heteroatoms. The van der Waals surface area contributed by atoms with E-state index in [0.717, 1.165) is 11.5 Å². The van der Waals surface area contributed by atoms with E-state index in [0.29, 0.717) is 30.8 Å². The average Bonchev–Trinajstić information content (AvgIpc) is 3.17. The van der Waals surface area contributed by atoms with Gasteiger partial charge in [0.2, 0.25) is 0 Å². The van der Waals surface area contributed by atoms with Gasteiger partial charge in [0.15, 0.2) is 0 Å². The highest BCUT2D eigenvalue weighted by Crippen LogP contribution is 2.32. The van der Waals surface area contributed by atoms with Crippen molar-refractivity contribution in [2.24, 2.45) is 5.92 Å². The number of benzene rings is 1. The number of halogens is 1. The number of aliphatic hydroxyl groups is 1. The first kappa shape index (κ1) is 14.8. The lowest BCUT2D eigenvalue weighted by molar-refractivity contribution is 0.0286. The van der Waals surface area contributed by atoms with Crippen molar-refractivity contribution in [3.8, 4) is 0 Å². The molecule has 106 valence electrons. The van der Waals surface area contributed by atoms with E-state index in [1.807, 2.05) is 24.3 Å². The first-order valence-electron chi connectivity index (χ1n) is 6.93. The smallest absolute Gasteiger partial charge is 0.0897 e. The quantitative estimate of drug-likeness (QED) is 0.771. The minimum absolute atomic E-state index is 0.335. The van der Waals surface area contributed by atoms with Crippen LogP contribution in [0.4, 0.5) is 0 Å². The van der Waals surface area contributed by atoms with E-state index in [9.17, 15) is 5.11 Å². The van der Waals surface area contributed by atoms with Gasteiger partial charge in [0.25, 0.3) is 0 Å². The zero-order valence-corrected chi connectivity index (χ0v) is 12.1. The summed E-state index contributed by atoms with van der Waals surface area (Å²) in [6, 6.07) is 8.20. The zero-order chi connectivity index (χ0) is 13.7. The maximum absolute atomic E-state index is 9.81. The van der Waals surface area contributed by atoms with Crippen LogP contribution in [0, 0.1) is 5.92 Å². The van der Waals surface area contributed by atoms with Gasteiger partial charge in [-0.1, -0.05) is 43.1 Å². The van der Waals surface area contributed by atoms with Crippen LogP contribution in [0.2, 0.25) is 5.02 Å². The van der Waals surface area contributed by atoms with Crippen molar-refractivity contribution in [1.82, 2.24) is 5.32 Å². The predicted octanol–water partition coefficient (Wildman–Crippen LogP) is 2.61. The molecule has 1 saturated carbocycles. The molecule has 0 aliphatic heterocycles. The Morgan fingerprint density at radius 2 is 2.26 bits per heavy atom. The molecule has 1 aliphatic carbocycles. The summed E-state index contributed by atoms with van der Waals surface area (Å²) in [4.78, 5) is 0. The molecule has 0 saturated heterocycles. The molecule has 1 aromatic rings. The summed E-state index contributed by atoms with van der Waals surface area (Å²) in [5.41, 5.74) is 0.956. The van der Waals surface area contributed by atoms with Gasteiger partial charge in [-0.3, -0.25) is 0 Å². The maximum atomic E-state index is 9.81. The summed E-state index contributed by atoms with van der Waals surface area (Å²) in [6.45, 7) is 3.58. The van der Waals surface area contributed by atoms with Gasteiger partial charge in [-0.2, -0.15) is 0 Å². The number of aliphatic hydroxyl groups excluding tert-OH is 1. The minimum Gasteiger partial charge on any atom is -0.389 e. The highest BCUT2D eigenvalue weighted by Gasteiger charge is 2.34. The van der Waals surface area contributed by atoms with E-state index in [1.54, 1.807) is 0 Å². The van der Waals surface area contributed by atoms with Crippen LogP contribution in [-0.2, 0) is 11.3 Å². The van der Waals surface area contributed by atoms with Gasteiger partial charge in [-0.15, -0.1) is 0 Å². The molecule has 1 aromatic carbocycles. The number of rotatable bonds is 8. The van der Waals surface area contributed by atoms with Crippen molar-refractivity contribution in [2.45, 2.75) is 38.5 Å². The molecule has 2 N–H and O–H groups in total. The van der Waals surface area contributed by atoms with Crippen molar-refractivity contribution in [2.75, 3.05) is 13.2 Å². The van der Waals surface area contributed by atoms with Crippen LogP contribution in [0.1, 0.15) is 25.3 Å². The molecule has 0 heterocycles. The van der Waals surface area contributed by atoms with Gasteiger partial charge < -0.3 is 15.2 Å². The average molecular weight is 284 g/mol. The Labute approximate surface area is 119 Å². The largest absolute Gasteiger partial charge is 0.389 e. The van der Waals surface area contributed by atoms with Crippen molar-refractivity contribution in [1.29, 1.82) is 0 Å². The molecule has 0 bridgehead atoms. The fourth-order valence-corrected chi connectivity index (χ4v) is 2.41. The highest BCUT2D eigenvalue weighted by molar-refractivity contribution is 6.31. The molecular formula is C15H22ClNO2. The molecule has 1 fully saturated rings. The molecule has 3 atom stereocenters. The van der Waals surface area contributed by atoms with Crippen LogP contribution in [0.15, 0.2) is 24.3 Å². The van der Waals surface area contributed by atoms with Gasteiger partial charge in [0, 0.05) is 17.6 Å². The number of ether oxygens (including phenoxy) is 1. The van der Waals surface area contributed by atoms with Crippen molar-refractivity contribution >= 4 is 11.6 Å². The summed E-state index contributed by atoms with van der Waals surface area (Å²) >= 11 is 6.03. The number of hydrogen-bond acceptors (Lipinski definition) is 3. The number of nitrogens with one attached hydrogen (secondary N) is 1. The van der Waals surface area contributed by atoms with Crippen LogP contribution in [0.25, 0.3) is 0 Å². The monoisotopic (exact) mass is 283 g/mol. The fourth-order valence-electron chi connectivity index (χ4n) is 2.22. The third-order valence-electron chi connectivity index (χ3n) is 3.59. The summed E-state index contributed by atoms with van der Waals surface area (Å²) in [5, 5.41) is 13.9. The van der Waals surface area contributed by atoms with E-state index < -0.39 is 6.10 Å². The molecule has 2 rings (SSSR count). The summed E-state index contributed by atoms with van der Waals surface area (Å²) in [6.07, 6.45) is 2.00. The molecule has 0 radical (unpaired) electrons. The van der Waals surface area contributed by atoms with E-state index in [1.165, 1.54) is 12.8 Å². The lowest BCUT2D eigenvalue weighted by Crippen LogP contribution is -2.32. The normalized spacial score (nSPS) is 23.3. The molecular weight excluding hydrogens is 262 g/mol. The van der Waals surface area contributed by atoms with Gasteiger partial charge >= 0.3 is 0 Å². The second-order valence-electron chi connectivity index (χ2n) is 5.18. The van der Waals surface area contributed by atoms with E-state index in [-0.39, 0.29) is 0 Å². The van der Waals surface area contributed by atoms with Gasteiger partial charge in [-0.05, 0) is 24.0 Å². The Bertz CT molecular complexity index is 399. The van der Waals surface area contributed by atoms with Crippen molar-refractivity contribution < 1.29 is 9.84 Å². The Morgan fingerprint density at radius 1 is 1.47 bits per heavy atom. The first-order valence-corrected chi connectivity index (χ1v) is 7.31. The molecule has 3 unspecified atom stereocenters. The van der Waals surface area contributed by atoms with E-state index in [2.05, 4.69) is 12.2 Å². The van der Waals surface area contributed by atoms with Crippen LogP contribution in [0.3, 0.4) is 0 Å². The fraction of sp³-hybridized carbons (Fsp3) is 0.600. The summed E-state index contributed by atoms with van der Waals surface area (Å²) in [7, 11) is 0. The SMILES string of the molecule is CCC1CC1NCC(O)COCc1ccccc1Cl. The Balaban J connectivity index is 1.59. The minimum atomic E-state index is -0.458. The third kappa shape index (κ3) is 4.77. The first-order chi connectivity index (χ1) is 9.20. The second-order valence-corrected chi connectivity index (χ2v) is 5.59. The highest BCUT2D eigenvalue weighted by atomic mass is 35.5. The molecule has 0 aromatic heterocycles. The number of hydrogen-bond donors (Lipinski definition) is 2. The van der Waals surface area contributed by atoms with Crippen LogP contribution >= 0.6 is 11.6 Å². The zero-order valence-electron chi connectivity index (χ0n) is 11.3. The molecule has 0 spiro atoms. The van der Waals surface area contributed by atoms with E-state index in [4.69, 9.17) is 16.3 Å². The van der Waals surface area contributed by atoms with Crippen molar-refractivity contribution in [3.05, 3.63) is 34.9 Å². The van der Waals surface area contributed by atoms with Gasteiger partial charge in [0.1, 0.15) is 0 Å². The Kier molecular flexibility index (Phi) is 5.64. The van der Waals surface area contributed by atoms with E-state index >= 15 is 0 Å². The lowest BCUT2D eigenvalue weighted by Gasteiger charge is -2.12. The summed E-state index contributed by atoms with van der Waals surface area (Å²) in [5.74, 6) is 0.802. The maximum Gasteiger partial charge on any atom is 0.0897 e. The summed E-state index contributed by atoms with van der Waals surface area (Å²) < 4.78 is 5.49. The van der Waals surface area contributed by atoms with Crippen LogP contribution in [-0.4, -0.2) is 30.4 Å². The van der Waals surface area contributed by atoms with Crippen LogP contribution in [0.5, 0.6) is 0 Å². The molecule has 3 nitrogen and oxygen atoms in total. The topological polar surface area (TPSA) is 41.5 Å². The van der Waals surface area contributed by atoms with Gasteiger partial charge in [0.05, 0.1) is 19.3 Å². The standard InChI is InChI=1S/C15H22ClNO2/c1-2-11-7-15(11)17-8-13(18)10-19-9-12-5-3-4-6-14(12)16/h3-6,11,13,15,17-18H,2,7-10H2,1H3. The molecule has 1 aliphatic rings. The van der Waals surface area contributed by atoms with Crippen molar-refractivity contribution in [3.63, 3.8) is 0 Å². The van der Waals surface area contributed by atoms with Crippen LogP contribution < -0.4 is 5.32 Å². The van der Waals surface area contributed by atoms with Gasteiger partial charge in [-0.25, -0.2) is 0 Å². The molecule has 19 heavy (non-hydrogen) atoms. The third-order valence-corrected chi connectivity index (χ3v) is 3.96. The predicted molar refractivity (Wildman–Crippen MR) is 77.3 cm³/mol. The Morgan fingerprint density at radius 3 is 2.95 bits per heavy atom. The lowest BCUT2D eigenvalue weighted by atomic mass is 10.2. The Hall–Kier alpha value is -0.610. The molecule has 0 amide bonds.